The molecular formula is C46H41NO. The van der Waals surface area contributed by atoms with Crippen molar-refractivity contribution in [3.63, 3.8) is 0 Å². The van der Waals surface area contributed by atoms with Gasteiger partial charge in [-0.15, -0.1) is 0 Å². The first-order chi connectivity index (χ1) is 23.0. The maximum Gasteiger partial charge on any atom is 0.193 e. The molecule has 236 valence electrons. The van der Waals surface area contributed by atoms with E-state index in [0.717, 1.165) is 51.1 Å². The van der Waals surface area contributed by atoms with Gasteiger partial charge < -0.3 is 4.90 Å². The molecule has 0 unspecified atom stereocenters. The van der Waals surface area contributed by atoms with Gasteiger partial charge in [0.2, 0.25) is 0 Å². The normalized spacial score (nSPS) is 14.2. The average Bonchev–Trinajstić information content (AvgIpc) is 3.06. The molecule has 48 heavy (non-hydrogen) atoms. The third-order valence-electron chi connectivity index (χ3n) is 10.8. The predicted octanol–water partition coefficient (Wildman–Crippen LogP) is 11.8. The van der Waals surface area contributed by atoms with Crippen molar-refractivity contribution in [3.05, 3.63) is 170 Å². The molecule has 1 heterocycles. The van der Waals surface area contributed by atoms with E-state index in [4.69, 9.17) is 0 Å². The quantitative estimate of drug-likeness (QED) is 0.195. The molecule has 0 atom stereocenters. The first kappa shape index (κ1) is 30.1. The number of fused-ring (bicyclic) bond motifs is 4. The van der Waals surface area contributed by atoms with Crippen molar-refractivity contribution in [3.8, 4) is 22.3 Å². The lowest BCUT2D eigenvalue weighted by molar-refractivity contribution is 0.103. The number of carbonyl (C=O) groups excluding carboxylic acids is 1. The number of aryl methyl sites for hydroxylation is 5. The van der Waals surface area contributed by atoms with E-state index in [9.17, 15) is 4.79 Å². The van der Waals surface area contributed by atoms with Crippen LogP contribution in [0.1, 0.15) is 79.8 Å². The second-order valence-corrected chi connectivity index (χ2v) is 14.5. The molecule has 0 saturated carbocycles. The molecule has 0 saturated heterocycles. The lowest BCUT2D eigenvalue weighted by Crippen LogP contribution is -2.31. The van der Waals surface area contributed by atoms with E-state index in [0.29, 0.717) is 0 Å². The Labute approximate surface area is 284 Å². The molecule has 2 heteroatoms. The number of ketones is 1. The van der Waals surface area contributed by atoms with Gasteiger partial charge in [-0.25, -0.2) is 0 Å². The Hall–Kier alpha value is -5.21. The number of nitrogens with zero attached hydrogens (tertiary/aromatic N) is 1. The summed E-state index contributed by atoms with van der Waals surface area (Å²) in [5, 5.41) is 0. The molecule has 2 nitrogen and oxygen atoms in total. The van der Waals surface area contributed by atoms with Crippen molar-refractivity contribution in [2.24, 2.45) is 0 Å². The summed E-state index contributed by atoms with van der Waals surface area (Å²) in [6, 6.07) is 39.5. The number of benzene rings is 6. The maximum absolute atomic E-state index is 14.1. The monoisotopic (exact) mass is 623 g/mol. The Bertz CT molecular complexity index is 2220. The fraction of sp³-hybridized carbons (Fsp3) is 0.196. The summed E-state index contributed by atoms with van der Waals surface area (Å²) in [6.45, 7) is 15.6. The highest BCUT2D eigenvalue weighted by Gasteiger charge is 2.38. The van der Waals surface area contributed by atoms with Crippen LogP contribution in [0.5, 0.6) is 0 Å². The molecule has 0 fully saturated rings. The smallest absolute Gasteiger partial charge is 0.193 e. The maximum atomic E-state index is 14.1. The summed E-state index contributed by atoms with van der Waals surface area (Å²) in [6.07, 6.45) is 0.768. The number of hydrogen-bond acceptors (Lipinski definition) is 2. The van der Waals surface area contributed by atoms with Gasteiger partial charge in [-0.1, -0.05) is 104 Å². The summed E-state index contributed by atoms with van der Waals surface area (Å²) in [7, 11) is 0. The van der Waals surface area contributed by atoms with Crippen LogP contribution < -0.4 is 4.90 Å². The van der Waals surface area contributed by atoms with Gasteiger partial charge in [0.25, 0.3) is 0 Å². The zero-order valence-electron chi connectivity index (χ0n) is 29.0. The van der Waals surface area contributed by atoms with E-state index < -0.39 is 0 Å². The molecule has 0 bridgehead atoms. The van der Waals surface area contributed by atoms with Crippen molar-refractivity contribution in [1.29, 1.82) is 0 Å². The Morgan fingerprint density at radius 1 is 0.542 bits per heavy atom. The molecule has 6 aromatic carbocycles. The summed E-state index contributed by atoms with van der Waals surface area (Å²) < 4.78 is 0. The minimum atomic E-state index is -0.105. The molecule has 8 rings (SSSR count). The first-order valence-corrected chi connectivity index (χ1v) is 17.0. The van der Waals surface area contributed by atoms with Crippen molar-refractivity contribution in [1.82, 2.24) is 0 Å². The number of carbonyl (C=O) groups is 1. The van der Waals surface area contributed by atoms with Crippen LogP contribution in [0.15, 0.2) is 109 Å². The topological polar surface area (TPSA) is 20.3 Å². The van der Waals surface area contributed by atoms with Crippen molar-refractivity contribution < 1.29 is 4.79 Å². The highest BCUT2D eigenvalue weighted by molar-refractivity contribution is 6.13. The molecule has 0 aromatic heterocycles. The van der Waals surface area contributed by atoms with Gasteiger partial charge in [0.05, 0.1) is 11.4 Å². The van der Waals surface area contributed by atoms with E-state index >= 15 is 0 Å². The third-order valence-corrected chi connectivity index (χ3v) is 10.8. The lowest BCUT2D eigenvalue weighted by atomic mass is 9.72. The van der Waals surface area contributed by atoms with Gasteiger partial charge >= 0.3 is 0 Å². The molecular weight excluding hydrogens is 583 g/mol. The summed E-state index contributed by atoms with van der Waals surface area (Å²) in [4.78, 5) is 16.6. The van der Waals surface area contributed by atoms with Gasteiger partial charge in [0.15, 0.2) is 5.78 Å². The van der Waals surface area contributed by atoms with Crippen LogP contribution in [-0.2, 0) is 11.8 Å². The number of anilines is 3. The van der Waals surface area contributed by atoms with Crippen LogP contribution in [0.25, 0.3) is 22.3 Å². The highest BCUT2D eigenvalue weighted by Crippen LogP contribution is 2.54. The second-order valence-electron chi connectivity index (χ2n) is 14.5. The van der Waals surface area contributed by atoms with Crippen LogP contribution in [0, 0.1) is 34.6 Å². The van der Waals surface area contributed by atoms with Gasteiger partial charge in [0, 0.05) is 22.2 Å². The van der Waals surface area contributed by atoms with Crippen LogP contribution >= 0.6 is 0 Å². The Morgan fingerprint density at radius 3 is 1.60 bits per heavy atom. The fourth-order valence-electron chi connectivity index (χ4n) is 8.44. The average molecular weight is 624 g/mol. The Morgan fingerprint density at radius 2 is 1.04 bits per heavy atom. The lowest BCUT2D eigenvalue weighted by Gasteiger charge is -2.43. The van der Waals surface area contributed by atoms with Crippen LogP contribution in [0.4, 0.5) is 17.1 Å². The molecule has 6 aromatic rings. The van der Waals surface area contributed by atoms with E-state index in [1.165, 1.54) is 55.9 Å². The van der Waals surface area contributed by atoms with E-state index in [2.05, 4.69) is 163 Å². The third kappa shape index (κ3) is 4.58. The summed E-state index contributed by atoms with van der Waals surface area (Å²) in [5.74, 6) is 0.115. The van der Waals surface area contributed by atoms with Crippen molar-refractivity contribution >= 4 is 22.8 Å². The zero-order valence-corrected chi connectivity index (χ0v) is 29.0. The molecule has 2 aliphatic rings. The van der Waals surface area contributed by atoms with Gasteiger partial charge in [-0.05, 0) is 132 Å². The second kappa shape index (κ2) is 10.9. The number of rotatable bonds is 3. The standard InChI is InChI=1S/C46H41NO/c1-27-22-30(4)42(31(5)23-27)36-17-16-35-24-34-15-14-33(25-38(34)45(48)39(35)26-36)32-18-20-37(21-19-32)47-43-28(2)10-8-12-40(43)46(6,7)41-13-9-11-29(3)44(41)47/h8-23,25-26H,24H2,1-7H3. The summed E-state index contributed by atoms with van der Waals surface area (Å²) >= 11 is 0. The Kier molecular flexibility index (Phi) is 6.86. The van der Waals surface area contributed by atoms with E-state index in [-0.39, 0.29) is 11.2 Å². The van der Waals surface area contributed by atoms with Gasteiger partial charge in [-0.3, -0.25) is 4.79 Å². The molecule has 0 N–H and O–H groups in total. The summed E-state index contributed by atoms with van der Waals surface area (Å²) in [5.41, 5.74) is 20.9. The zero-order chi connectivity index (χ0) is 33.5. The molecule has 1 aliphatic carbocycles. The van der Waals surface area contributed by atoms with Crippen LogP contribution in [-0.4, -0.2) is 5.78 Å². The molecule has 0 amide bonds. The molecule has 1 aliphatic heterocycles. The minimum Gasteiger partial charge on any atom is -0.309 e. The number of hydrogen-bond donors (Lipinski definition) is 0. The van der Waals surface area contributed by atoms with Gasteiger partial charge in [0.1, 0.15) is 0 Å². The van der Waals surface area contributed by atoms with Crippen LogP contribution in [0.3, 0.4) is 0 Å². The van der Waals surface area contributed by atoms with Crippen LogP contribution in [0.2, 0.25) is 0 Å². The predicted molar refractivity (Wildman–Crippen MR) is 200 cm³/mol. The van der Waals surface area contributed by atoms with E-state index in [1.807, 2.05) is 0 Å². The SMILES string of the molecule is Cc1cc(C)c(-c2ccc3c(c2)C(=O)c2cc(-c4ccc(N5c6c(C)cccc6C(C)(C)c6cccc(C)c65)cc4)ccc2C3)c(C)c1. The van der Waals surface area contributed by atoms with Crippen molar-refractivity contribution in [2.45, 2.75) is 60.3 Å². The van der Waals surface area contributed by atoms with Gasteiger partial charge in [-0.2, -0.15) is 0 Å². The number of para-hydroxylation sites is 2. The Balaban J connectivity index is 1.16. The van der Waals surface area contributed by atoms with Crippen molar-refractivity contribution in [2.75, 3.05) is 4.90 Å². The highest BCUT2D eigenvalue weighted by atomic mass is 16.1. The first-order valence-electron chi connectivity index (χ1n) is 17.0. The fourth-order valence-corrected chi connectivity index (χ4v) is 8.44. The van der Waals surface area contributed by atoms with E-state index in [1.54, 1.807) is 0 Å². The molecule has 0 radical (unpaired) electrons. The largest absolute Gasteiger partial charge is 0.309 e. The molecule has 0 spiro atoms. The minimum absolute atomic E-state index is 0.105.